The van der Waals surface area contributed by atoms with E-state index in [1.54, 1.807) is 6.92 Å². The number of alkyl halides is 3. The SMILES string of the molecule is CCOC(=O)Cc1[nH]c(CN)cc(=O)c1OC(F)(F)F. The van der Waals surface area contributed by atoms with Gasteiger partial charge in [0.1, 0.15) is 0 Å². The number of rotatable bonds is 5. The first-order valence-electron chi connectivity index (χ1n) is 5.63. The summed E-state index contributed by atoms with van der Waals surface area (Å²) in [6.45, 7) is 1.51. The molecule has 0 spiro atoms. The molecule has 0 radical (unpaired) electrons. The number of nitrogens with two attached hydrogens (primary N) is 1. The fourth-order valence-electron chi connectivity index (χ4n) is 1.48. The molecule has 0 unspecified atom stereocenters. The highest BCUT2D eigenvalue weighted by Gasteiger charge is 2.34. The predicted molar refractivity (Wildman–Crippen MR) is 62.0 cm³/mol. The first-order valence-corrected chi connectivity index (χ1v) is 5.63. The van der Waals surface area contributed by atoms with Crippen LogP contribution in [-0.4, -0.2) is 23.9 Å². The van der Waals surface area contributed by atoms with E-state index >= 15 is 0 Å². The molecule has 112 valence electrons. The Morgan fingerprint density at radius 2 is 2.10 bits per heavy atom. The van der Waals surface area contributed by atoms with Gasteiger partial charge in [-0.1, -0.05) is 0 Å². The summed E-state index contributed by atoms with van der Waals surface area (Å²) >= 11 is 0. The zero-order valence-electron chi connectivity index (χ0n) is 10.5. The fraction of sp³-hybridized carbons (Fsp3) is 0.455. The largest absolute Gasteiger partial charge is 0.573 e. The van der Waals surface area contributed by atoms with Gasteiger partial charge in [0.2, 0.25) is 5.43 Å². The summed E-state index contributed by atoms with van der Waals surface area (Å²) in [6, 6.07) is 0.885. The average molecular weight is 294 g/mol. The Kier molecular flexibility index (Phi) is 5.14. The van der Waals surface area contributed by atoms with Gasteiger partial charge < -0.3 is 20.2 Å². The Morgan fingerprint density at radius 1 is 1.45 bits per heavy atom. The highest BCUT2D eigenvalue weighted by Crippen LogP contribution is 2.23. The number of hydrogen-bond donors (Lipinski definition) is 2. The highest BCUT2D eigenvalue weighted by molar-refractivity contribution is 5.72. The number of halogens is 3. The average Bonchev–Trinajstić information content (AvgIpc) is 2.32. The van der Waals surface area contributed by atoms with Crippen LogP contribution in [0.4, 0.5) is 13.2 Å². The maximum atomic E-state index is 12.3. The molecule has 0 aliphatic carbocycles. The van der Waals surface area contributed by atoms with Crippen LogP contribution in [-0.2, 0) is 22.5 Å². The summed E-state index contributed by atoms with van der Waals surface area (Å²) in [5.41, 5.74) is 4.15. The quantitative estimate of drug-likeness (QED) is 0.785. The molecule has 0 fully saturated rings. The van der Waals surface area contributed by atoms with Crippen LogP contribution in [0.3, 0.4) is 0 Å². The number of carbonyl (C=O) groups excluding carboxylic acids is 1. The topological polar surface area (TPSA) is 94.4 Å². The van der Waals surface area contributed by atoms with Crippen molar-refractivity contribution in [3.8, 4) is 5.75 Å². The van der Waals surface area contributed by atoms with Crippen molar-refractivity contribution in [3.05, 3.63) is 27.7 Å². The van der Waals surface area contributed by atoms with E-state index < -0.39 is 29.9 Å². The Hall–Kier alpha value is -2.03. The van der Waals surface area contributed by atoms with Crippen molar-refractivity contribution < 1.29 is 27.4 Å². The van der Waals surface area contributed by atoms with Crippen LogP contribution in [0.15, 0.2) is 10.9 Å². The van der Waals surface area contributed by atoms with Crippen LogP contribution in [0.25, 0.3) is 0 Å². The summed E-state index contributed by atoms with van der Waals surface area (Å²) in [4.78, 5) is 25.4. The number of hydrogen-bond acceptors (Lipinski definition) is 5. The standard InChI is InChI=1S/C11H13F3N2O4/c1-2-19-9(18)4-7-10(20-11(12,13)14)8(17)3-6(5-15)16-7/h3H,2,4-5,15H2,1H3,(H,16,17). The van der Waals surface area contributed by atoms with Crippen molar-refractivity contribution in [2.24, 2.45) is 5.73 Å². The second kappa shape index (κ2) is 6.42. The van der Waals surface area contributed by atoms with Gasteiger partial charge in [-0.25, -0.2) is 0 Å². The lowest BCUT2D eigenvalue weighted by atomic mass is 10.2. The van der Waals surface area contributed by atoms with Crippen molar-refractivity contribution in [2.75, 3.05) is 6.61 Å². The van der Waals surface area contributed by atoms with Crippen molar-refractivity contribution in [1.82, 2.24) is 4.98 Å². The number of ether oxygens (including phenoxy) is 2. The number of H-pyrrole nitrogens is 1. The van der Waals surface area contributed by atoms with E-state index in [9.17, 15) is 22.8 Å². The summed E-state index contributed by atoms with van der Waals surface area (Å²) in [7, 11) is 0. The third-order valence-corrected chi connectivity index (χ3v) is 2.18. The zero-order valence-corrected chi connectivity index (χ0v) is 10.5. The molecule has 0 saturated carbocycles. The van der Waals surface area contributed by atoms with Crippen LogP contribution >= 0.6 is 0 Å². The van der Waals surface area contributed by atoms with Crippen LogP contribution < -0.4 is 15.9 Å². The molecule has 9 heteroatoms. The summed E-state index contributed by atoms with van der Waals surface area (Å²) < 4.78 is 45.0. The molecule has 1 aromatic rings. The minimum atomic E-state index is -5.04. The van der Waals surface area contributed by atoms with Gasteiger partial charge in [-0.3, -0.25) is 9.59 Å². The second-order valence-electron chi connectivity index (χ2n) is 3.70. The molecule has 0 bridgehead atoms. The van der Waals surface area contributed by atoms with E-state index in [4.69, 9.17) is 5.73 Å². The summed E-state index contributed by atoms with van der Waals surface area (Å²) in [5.74, 6) is -1.77. The number of pyridine rings is 1. The lowest BCUT2D eigenvalue weighted by Crippen LogP contribution is -2.25. The molecule has 0 amide bonds. The number of carbonyl (C=O) groups is 1. The highest BCUT2D eigenvalue weighted by atomic mass is 19.4. The number of esters is 1. The van der Waals surface area contributed by atoms with E-state index in [0.29, 0.717) is 0 Å². The summed E-state index contributed by atoms with van der Waals surface area (Å²) in [5, 5.41) is 0. The molecular formula is C11H13F3N2O4. The molecule has 3 N–H and O–H groups in total. The third-order valence-electron chi connectivity index (χ3n) is 2.18. The van der Waals surface area contributed by atoms with Gasteiger partial charge in [0.25, 0.3) is 0 Å². The van der Waals surface area contributed by atoms with Gasteiger partial charge in [0.05, 0.1) is 18.7 Å². The van der Waals surface area contributed by atoms with Gasteiger partial charge in [0, 0.05) is 18.3 Å². The van der Waals surface area contributed by atoms with Crippen LogP contribution in [0.1, 0.15) is 18.3 Å². The smallest absolute Gasteiger partial charge is 0.466 e. The molecule has 0 aliphatic rings. The molecule has 0 saturated heterocycles. The van der Waals surface area contributed by atoms with Crippen molar-refractivity contribution in [2.45, 2.75) is 26.3 Å². The van der Waals surface area contributed by atoms with Crippen LogP contribution in [0.5, 0.6) is 5.75 Å². The maximum absolute atomic E-state index is 12.3. The second-order valence-corrected chi connectivity index (χ2v) is 3.70. The predicted octanol–water partition coefficient (Wildman–Crippen LogP) is 0.838. The molecular weight excluding hydrogens is 281 g/mol. The normalized spacial score (nSPS) is 11.2. The van der Waals surface area contributed by atoms with Crippen molar-refractivity contribution in [3.63, 3.8) is 0 Å². The van der Waals surface area contributed by atoms with E-state index in [-0.39, 0.29) is 24.5 Å². The van der Waals surface area contributed by atoms with E-state index in [2.05, 4.69) is 14.5 Å². The van der Waals surface area contributed by atoms with Crippen molar-refractivity contribution >= 4 is 5.97 Å². The zero-order chi connectivity index (χ0) is 15.3. The first-order chi connectivity index (χ1) is 9.26. The molecule has 0 aromatic carbocycles. The Morgan fingerprint density at radius 3 is 2.60 bits per heavy atom. The molecule has 0 atom stereocenters. The number of aromatic amines is 1. The Bertz CT molecular complexity index is 539. The van der Waals surface area contributed by atoms with Gasteiger partial charge in [-0.2, -0.15) is 0 Å². The number of aromatic nitrogens is 1. The minimum Gasteiger partial charge on any atom is -0.466 e. The van der Waals surface area contributed by atoms with E-state index in [1.807, 2.05) is 0 Å². The third kappa shape index (κ3) is 4.57. The molecule has 0 aliphatic heterocycles. The first kappa shape index (κ1) is 16.0. The molecule has 6 nitrogen and oxygen atoms in total. The monoisotopic (exact) mass is 294 g/mol. The lowest BCUT2D eigenvalue weighted by Gasteiger charge is -2.13. The Balaban J connectivity index is 3.19. The van der Waals surface area contributed by atoms with Gasteiger partial charge in [-0.15, -0.1) is 13.2 Å². The maximum Gasteiger partial charge on any atom is 0.573 e. The van der Waals surface area contributed by atoms with Gasteiger partial charge in [0.15, 0.2) is 5.75 Å². The van der Waals surface area contributed by atoms with Crippen LogP contribution in [0, 0.1) is 0 Å². The fourth-order valence-corrected chi connectivity index (χ4v) is 1.48. The summed E-state index contributed by atoms with van der Waals surface area (Å²) in [6.07, 6.45) is -5.59. The van der Waals surface area contributed by atoms with Gasteiger partial charge in [-0.05, 0) is 6.92 Å². The van der Waals surface area contributed by atoms with Crippen molar-refractivity contribution in [1.29, 1.82) is 0 Å². The van der Waals surface area contributed by atoms with E-state index in [0.717, 1.165) is 6.07 Å². The molecule has 20 heavy (non-hydrogen) atoms. The van der Waals surface area contributed by atoms with E-state index in [1.165, 1.54) is 0 Å². The molecule has 1 rings (SSSR count). The Labute approximate surface area is 111 Å². The minimum absolute atomic E-state index is 0.0646. The lowest BCUT2D eigenvalue weighted by molar-refractivity contribution is -0.275. The van der Waals surface area contributed by atoms with Crippen LogP contribution in [0.2, 0.25) is 0 Å². The molecule has 1 aromatic heterocycles. The number of nitrogens with one attached hydrogen (secondary N) is 1. The molecule has 1 heterocycles. The van der Waals surface area contributed by atoms with Gasteiger partial charge >= 0.3 is 12.3 Å².